The average Bonchev–Trinajstić information content (AvgIpc) is 3.04. The predicted molar refractivity (Wildman–Crippen MR) is 131 cm³/mol. The molecule has 6 nitrogen and oxygen atoms in total. The lowest BCUT2D eigenvalue weighted by atomic mass is 10.1. The first-order valence-corrected chi connectivity index (χ1v) is 14.5. The minimum Gasteiger partial charge on any atom is -0.444 e. The van der Waals surface area contributed by atoms with Crippen molar-refractivity contribution in [3.63, 3.8) is 0 Å². The number of carbonyl (C=O) groups excluding carboxylic acids is 2. The van der Waals surface area contributed by atoms with Crippen molar-refractivity contribution in [1.29, 1.82) is 0 Å². The third kappa shape index (κ3) is 6.35. The molecule has 7 heteroatoms. The van der Waals surface area contributed by atoms with E-state index in [1.165, 1.54) is 4.90 Å². The summed E-state index contributed by atoms with van der Waals surface area (Å²) in [5.74, 6) is 0. The average molecular weight is 463 g/mol. The number of ether oxygens (including phenoxy) is 1. The molecule has 180 valence electrons. The fourth-order valence-electron chi connectivity index (χ4n) is 3.64. The molecule has 3 amide bonds. The molecule has 2 rings (SSSR count). The molecule has 1 aromatic carbocycles. The van der Waals surface area contributed by atoms with E-state index in [0.717, 1.165) is 18.4 Å². The van der Waals surface area contributed by atoms with Crippen molar-refractivity contribution in [2.75, 3.05) is 6.61 Å². The quantitative estimate of drug-likeness (QED) is 0.474. The van der Waals surface area contributed by atoms with Crippen LogP contribution < -0.4 is 0 Å². The summed E-state index contributed by atoms with van der Waals surface area (Å²) in [6.07, 6.45) is 1.15. The largest absolute Gasteiger partial charge is 0.444 e. The molecule has 1 saturated heterocycles. The third-order valence-corrected chi connectivity index (χ3v) is 11.2. The molecule has 1 aromatic rings. The normalized spacial score (nSPS) is 19.7. The van der Waals surface area contributed by atoms with Crippen LogP contribution in [0.2, 0.25) is 18.1 Å². The van der Waals surface area contributed by atoms with Gasteiger partial charge in [-0.1, -0.05) is 51.1 Å². The monoisotopic (exact) mass is 462 g/mol. The molecule has 0 spiro atoms. The van der Waals surface area contributed by atoms with Crippen LogP contribution in [-0.4, -0.2) is 54.5 Å². The van der Waals surface area contributed by atoms with Crippen LogP contribution in [0.4, 0.5) is 9.59 Å². The lowest BCUT2D eigenvalue weighted by molar-refractivity contribution is 0.0554. The Bertz CT molecular complexity index is 783. The van der Waals surface area contributed by atoms with Crippen LogP contribution in [0, 0.1) is 0 Å². The van der Waals surface area contributed by atoms with Crippen LogP contribution >= 0.6 is 0 Å². The number of hydrogen-bond donors (Lipinski definition) is 0. The minimum atomic E-state index is -1.94. The molecule has 1 heterocycles. The summed E-state index contributed by atoms with van der Waals surface area (Å²) < 4.78 is 12.0. The summed E-state index contributed by atoms with van der Waals surface area (Å²) in [6.45, 7) is 19.3. The highest BCUT2D eigenvalue weighted by Crippen LogP contribution is 2.37. The molecule has 32 heavy (non-hydrogen) atoms. The van der Waals surface area contributed by atoms with Gasteiger partial charge in [0.15, 0.2) is 8.32 Å². The number of likely N-dealkylation sites (tertiary alicyclic amines) is 1. The van der Waals surface area contributed by atoms with Gasteiger partial charge in [-0.2, -0.15) is 0 Å². The van der Waals surface area contributed by atoms with Crippen molar-refractivity contribution >= 4 is 20.4 Å². The lowest BCUT2D eigenvalue weighted by Gasteiger charge is -2.41. The van der Waals surface area contributed by atoms with E-state index >= 15 is 0 Å². The topological polar surface area (TPSA) is 59.1 Å². The number of rotatable bonds is 5. The summed E-state index contributed by atoms with van der Waals surface area (Å²) in [5.41, 5.74) is 0.176. The lowest BCUT2D eigenvalue weighted by Crippen LogP contribution is -2.58. The van der Waals surface area contributed by atoms with Gasteiger partial charge in [-0.15, -0.1) is 0 Å². The van der Waals surface area contributed by atoms with E-state index in [2.05, 4.69) is 33.9 Å². The standard InChI is InChI=1S/C25H42N2O4Si/c1-19-15-16-21(18-31-32(8,9)25(5,6)7)26(19)22(28)27(24(2,3)4)23(29)30-17-20-13-11-10-12-14-20/h10-14,19,21H,15-18H2,1-9H3/t19-,21-/m1/s1. The third-order valence-electron chi connectivity index (χ3n) is 6.70. The van der Waals surface area contributed by atoms with E-state index < -0.39 is 19.9 Å². The number of nitrogens with zero attached hydrogens (tertiary/aromatic N) is 2. The van der Waals surface area contributed by atoms with Crippen LogP contribution in [0.15, 0.2) is 30.3 Å². The summed E-state index contributed by atoms with van der Waals surface area (Å²) in [4.78, 5) is 29.8. The first-order valence-electron chi connectivity index (χ1n) is 11.6. The zero-order valence-electron chi connectivity index (χ0n) is 21.4. The molecule has 0 unspecified atom stereocenters. The number of urea groups is 1. The Kier molecular flexibility index (Phi) is 8.21. The number of imide groups is 1. The Balaban J connectivity index is 2.16. The first kappa shape index (κ1) is 26.4. The predicted octanol–water partition coefficient (Wildman–Crippen LogP) is 6.42. The Morgan fingerprint density at radius 3 is 2.19 bits per heavy atom. The Hall–Kier alpha value is -1.86. The van der Waals surface area contributed by atoms with Gasteiger partial charge in [0.25, 0.3) is 0 Å². The van der Waals surface area contributed by atoms with Gasteiger partial charge >= 0.3 is 12.1 Å². The molecule has 0 radical (unpaired) electrons. The van der Waals surface area contributed by atoms with Gasteiger partial charge in [-0.05, 0) is 64.2 Å². The molecule has 1 aliphatic heterocycles. The zero-order valence-corrected chi connectivity index (χ0v) is 22.4. The fraction of sp³-hybridized carbons (Fsp3) is 0.680. The van der Waals surface area contributed by atoms with E-state index in [4.69, 9.17) is 9.16 Å². The van der Waals surface area contributed by atoms with Gasteiger partial charge in [0, 0.05) is 11.6 Å². The molecular formula is C25H42N2O4Si. The maximum Gasteiger partial charge on any atom is 0.418 e. The molecule has 2 atom stereocenters. The molecule has 0 aromatic heterocycles. The van der Waals surface area contributed by atoms with E-state index in [-0.39, 0.29) is 29.8 Å². The molecular weight excluding hydrogens is 420 g/mol. The minimum absolute atomic E-state index is 0.0431. The SMILES string of the molecule is C[C@@H]1CC[C@H](CO[Si](C)(C)C(C)(C)C)N1C(=O)N(C(=O)OCc1ccccc1)C(C)(C)C. The molecule has 1 aliphatic rings. The van der Waals surface area contributed by atoms with Crippen LogP contribution in [0.1, 0.15) is 66.9 Å². The molecule has 0 saturated carbocycles. The number of amides is 3. The van der Waals surface area contributed by atoms with Crippen LogP contribution in [0.5, 0.6) is 0 Å². The second-order valence-electron chi connectivity index (χ2n) is 11.4. The summed E-state index contributed by atoms with van der Waals surface area (Å²) in [5, 5.41) is 0.102. The highest BCUT2D eigenvalue weighted by molar-refractivity contribution is 6.74. The maximum atomic E-state index is 13.7. The Morgan fingerprint density at radius 1 is 1.06 bits per heavy atom. The van der Waals surface area contributed by atoms with Crippen LogP contribution in [0.25, 0.3) is 0 Å². The first-order chi connectivity index (χ1) is 14.6. The fourth-order valence-corrected chi connectivity index (χ4v) is 4.68. The highest BCUT2D eigenvalue weighted by atomic mass is 28.4. The van der Waals surface area contributed by atoms with Crippen molar-refractivity contribution in [3.8, 4) is 0 Å². The van der Waals surface area contributed by atoms with Gasteiger partial charge in [-0.25, -0.2) is 14.5 Å². The molecule has 1 fully saturated rings. The van der Waals surface area contributed by atoms with Crippen LogP contribution in [0.3, 0.4) is 0 Å². The van der Waals surface area contributed by atoms with Crippen molar-refractivity contribution < 1.29 is 18.8 Å². The van der Waals surface area contributed by atoms with Gasteiger partial charge < -0.3 is 14.1 Å². The Labute approximate surface area is 195 Å². The number of carbonyl (C=O) groups is 2. The smallest absolute Gasteiger partial charge is 0.418 e. The molecule has 0 aliphatic carbocycles. The van der Waals surface area contributed by atoms with Crippen molar-refractivity contribution in [3.05, 3.63) is 35.9 Å². The van der Waals surface area contributed by atoms with Gasteiger partial charge in [-0.3, -0.25) is 0 Å². The Morgan fingerprint density at radius 2 is 1.66 bits per heavy atom. The van der Waals surface area contributed by atoms with E-state index in [1.807, 2.05) is 62.9 Å². The van der Waals surface area contributed by atoms with E-state index in [1.54, 1.807) is 0 Å². The van der Waals surface area contributed by atoms with Crippen LogP contribution in [-0.2, 0) is 15.8 Å². The number of benzene rings is 1. The van der Waals surface area contributed by atoms with E-state index in [0.29, 0.717) is 6.61 Å². The second-order valence-corrected chi connectivity index (χ2v) is 16.2. The van der Waals surface area contributed by atoms with Gasteiger partial charge in [0.1, 0.15) is 6.61 Å². The molecule has 0 N–H and O–H groups in total. The highest BCUT2D eigenvalue weighted by Gasteiger charge is 2.45. The number of hydrogen-bond acceptors (Lipinski definition) is 4. The molecule has 0 bridgehead atoms. The summed E-state index contributed by atoms with van der Waals surface area (Å²) in [7, 11) is -1.94. The summed E-state index contributed by atoms with van der Waals surface area (Å²) >= 11 is 0. The maximum absolute atomic E-state index is 13.7. The summed E-state index contributed by atoms with van der Waals surface area (Å²) in [6, 6.07) is 9.20. The van der Waals surface area contributed by atoms with Gasteiger partial charge in [0.05, 0.1) is 12.6 Å². The van der Waals surface area contributed by atoms with E-state index in [9.17, 15) is 9.59 Å². The van der Waals surface area contributed by atoms with Crippen molar-refractivity contribution in [2.24, 2.45) is 0 Å². The van der Waals surface area contributed by atoms with Gasteiger partial charge in [0.2, 0.25) is 0 Å². The van der Waals surface area contributed by atoms with Crippen molar-refractivity contribution in [1.82, 2.24) is 9.80 Å². The zero-order chi connectivity index (χ0) is 24.3. The van der Waals surface area contributed by atoms with Crippen molar-refractivity contribution in [2.45, 2.75) is 104 Å². The second kappa shape index (κ2) is 9.95.